The molecule has 0 aliphatic carbocycles. The fraction of sp³-hybridized carbons (Fsp3) is 0.364. The predicted octanol–water partition coefficient (Wildman–Crippen LogP) is 2.08. The van der Waals surface area contributed by atoms with Crippen molar-refractivity contribution in [2.45, 2.75) is 19.9 Å². The Labute approximate surface area is 83.1 Å². The summed E-state index contributed by atoms with van der Waals surface area (Å²) < 4.78 is 4.88. The topological polar surface area (TPSA) is 38.3 Å². The lowest BCUT2D eigenvalue weighted by molar-refractivity contribution is 0.177. The number of carbonyl (C=O) groups excluding carboxylic acids is 1. The van der Waals surface area contributed by atoms with Crippen molar-refractivity contribution < 1.29 is 9.53 Å². The molecule has 0 saturated carbocycles. The third-order valence-corrected chi connectivity index (χ3v) is 2.56. The molecule has 1 heterocycles. The summed E-state index contributed by atoms with van der Waals surface area (Å²) in [6.07, 6.45) is -0.322. The van der Waals surface area contributed by atoms with E-state index in [1.807, 2.05) is 32.0 Å². The van der Waals surface area contributed by atoms with Crippen molar-refractivity contribution in [1.82, 2.24) is 5.32 Å². The molecule has 14 heavy (non-hydrogen) atoms. The van der Waals surface area contributed by atoms with Gasteiger partial charge in [-0.1, -0.05) is 18.2 Å². The van der Waals surface area contributed by atoms with Crippen molar-refractivity contribution in [2.24, 2.45) is 0 Å². The summed E-state index contributed by atoms with van der Waals surface area (Å²) in [4.78, 5) is 10.9. The maximum atomic E-state index is 10.9. The van der Waals surface area contributed by atoms with Crippen molar-refractivity contribution in [3.8, 4) is 0 Å². The minimum atomic E-state index is -0.322. The van der Waals surface area contributed by atoms with Gasteiger partial charge >= 0.3 is 6.09 Å². The molecule has 0 spiro atoms. The normalized spacial score (nSPS) is 20.4. The second-order valence-electron chi connectivity index (χ2n) is 3.60. The summed E-state index contributed by atoms with van der Waals surface area (Å²) in [5.74, 6) is 0. The van der Waals surface area contributed by atoms with Gasteiger partial charge in [0.25, 0.3) is 0 Å². The van der Waals surface area contributed by atoms with Gasteiger partial charge in [-0.3, -0.25) is 0 Å². The van der Waals surface area contributed by atoms with Crippen molar-refractivity contribution in [3.63, 3.8) is 0 Å². The average Bonchev–Trinajstić information content (AvgIpc) is 2.51. The van der Waals surface area contributed by atoms with Gasteiger partial charge in [0.2, 0.25) is 0 Å². The molecule has 1 aliphatic rings. The zero-order valence-electron chi connectivity index (χ0n) is 8.33. The summed E-state index contributed by atoms with van der Waals surface area (Å²) >= 11 is 0. The Balaban J connectivity index is 2.36. The van der Waals surface area contributed by atoms with Gasteiger partial charge in [-0.15, -0.1) is 0 Å². The van der Waals surface area contributed by atoms with E-state index in [1.165, 1.54) is 16.7 Å². The Morgan fingerprint density at radius 3 is 2.50 bits per heavy atom. The van der Waals surface area contributed by atoms with Crippen LogP contribution in [0.4, 0.5) is 4.79 Å². The molecule has 3 nitrogen and oxygen atoms in total. The van der Waals surface area contributed by atoms with Crippen molar-refractivity contribution in [1.29, 1.82) is 0 Å². The highest BCUT2D eigenvalue weighted by Crippen LogP contribution is 2.24. The van der Waals surface area contributed by atoms with Crippen molar-refractivity contribution in [2.75, 3.05) is 6.61 Å². The number of ether oxygens (including phenoxy) is 1. The standard InChI is InChI=1S/C11H13NO2/c1-7-4-3-5-8(2)10(7)9-6-14-11(13)12-9/h3-5,9H,6H2,1-2H3,(H,12,13). The van der Waals surface area contributed by atoms with Crippen LogP contribution in [0.1, 0.15) is 22.7 Å². The Morgan fingerprint density at radius 1 is 1.36 bits per heavy atom. The predicted molar refractivity (Wildman–Crippen MR) is 53.1 cm³/mol. The number of cyclic esters (lactones) is 1. The number of carbonyl (C=O) groups is 1. The highest BCUT2D eigenvalue weighted by atomic mass is 16.6. The van der Waals surface area contributed by atoms with Crippen LogP contribution in [-0.2, 0) is 4.74 Å². The Hall–Kier alpha value is -1.51. The van der Waals surface area contributed by atoms with Crippen LogP contribution in [0, 0.1) is 13.8 Å². The molecule has 1 atom stereocenters. The molecule has 2 rings (SSSR count). The van der Waals surface area contributed by atoms with Crippen molar-refractivity contribution in [3.05, 3.63) is 34.9 Å². The largest absolute Gasteiger partial charge is 0.447 e. The number of amides is 1. The molecule has 1 aromatic rings. The lowest BCUT2D eigenvalue weighted by Crippen LogP contribution is -2.19. The fourth-order valence-corrected chi connectivity index (χ4v) is 1.92. The SMILES string of the molecule is Cc1cccc(C)c1C1COC(=O)N1. The zero-order chi connectivity index (χ0) is 10.1. The van der Waals surface area contributed by atoms with Crippen LogP contribution >= 0.6 is 0 Å². The highest BCUT2D eigenvalue weighted by molar-refractivity contribution is 5.70. The van der Waals surface area contributed by atoms with Gasteiger partial charge in [0.15, 0.2) is 0 Å². The van der Waals surface area contributed by atoms with Crippen LogP contribution in [0.15, 0.2) is 18.2 Å². The maximum Gasteiger partial charge on any atom is 0.407 e. The minimum Gasteiger partial charge on any atom is -0.447 e. The number of hydrogen-bond donors (Lipinski definition) is 1. The maximum absolute atomic E-state index is 10.9. The van der Waals surface area contributed by atoms with E-state index in [0.29, 0.717) is 6.61 Å². The van der Waals surface area contributed by atoms with Gasteiger partial charge in [0.05, 0.1) is 6.04 Å². The first-order chi connectivity index (χ1) is 6.68. The van der Waals surface area contributed by atoms with E-state index in [0.717, 1.165) is 0 Å². The second-order valence-corrected chi connectivity index (χ2v) is 3.60. The van der Waals surface area contributed by atoms with Gasteiger partial charge in [0, 0.05) is 0 Å². The lowest BCUT2D eigenvalue weighted by atomic mass is 9.97. The van der Waals surface area contributed by atoms with Crippen molar-refractivity contribution >= 4 is 6.09 Å². The number of hydrogen-bond acceptors (Lipinski definition) is 2. The first-order valence-corrected chi connectivity index (χ1v) is 4.68. The first-order valence-electron chi connectivity index (χ1n) is 4.68. The van der Waals surface area contributed by atoms with E-state index < -0.39 is 0 Å². The lowest BCUT2D eigenvalue weighted by Gasteiger charge is -2.14. The molecule has 1 amide bonds. The van der Waals surface area contributed by atoms with E-state index in [-0.39, 0.29) is 12.1 Å². The van der Waals surface area contributed by atoms with Crippen LogP contribution in [0.3, 0.4) is 0 Å². The van der Waals surface area contributed by atoms with Crippen LogP contribution in [0.5, 0.6) is 0 Å². The highest BCUT2D eigenvalue weighted by Gasteiger charge is 2.25. The molecule has 1 aliphatic heterocycles. The average molecular weight is 191 g/mol. The molecular formula is C11H13NO2. The third kappa shape index (κ3) is 1.45. The number of benzene rings is 1. The fourth-order valence-electron chi connectivity index (χ4n) is 1.92. The minimum absolute atomic E-state index is 0.0173. The molecule has 1 fully saturated rings. The summed E-state index contributed by atoms with van der Waals surface area (Å²) in [5.41, 5.74) is 3.57. The van der Waals surface area contributed by atoms with Gasteiger partial charge in [-0.2, -0.15) is 0 Å². The van der Waals surface area contributed by atoms with E-state index in [1.54, 1.807) is 0 Å². The Bertz CT molecular complexity index is 353. The van der Waals surface area contributed by atoms with Crippen LogP contribution in [0.2, 0.25) is 0 Å². The molecule has 1 unspecified atom stereocenters. The van der Waals surface area contributed by atoms with Gasteiger partial charge in [-0.25, -0.2) is 4.79 Å². The third-order valence-electron chi connectivity index (χ3n) is 2.56. The van der Waals surface area contributed by atoms with Crippen LogP contribution in [0.25, 0.3) is 0 Å². The molecule has 0 radical (unpaired) electrons. The Kier molecular flexibility index (Phi) is 2.15. The summed E-state index contributed by atoms with van der Waals surface area (Å²) in [7, 11) is 0. The molecule has 74 valence electrons. The summed E-state index contributed by atoms with van der Waals surface area (Å²) in [5, 5.41) is 2.79. The van der Waals surface area contributed by atoms with Gasteiger partial charge in [0.1, 0.15) is 6.61 Å². The monoisotopic (exact) mass is 191 g/mol. The first kappa shape index (κ1) is 9.06. The molecule has 0 bridgehead atoms. The zero-order valence-corrected chi connectivity index (χ0v) is 8.33. The quantitative estimate of drug-likeness (QED) is 0.738. The summed E-state index contributed by atoms with van der Waals surface area (Å²) in [6.45, 7) is 4.53. The van der Waals surface area contributed by atoms with E-state index in [9.17, 15) is 4.79 Å². The van der Waals surface area contributed by atoms with Crippen LogP contribution < -0.4 is 5.32 Å². The number of rotatable bonds is 1. The molecule has 1 saturated heterocycles. The van der Waals surface area contributed by atoms with Gasteiger partial charge in [-0.05, 0) is 30.5 Å². The van der Waals surface area contributed by atoms with Crippen LogP contribution in [-0.4, -0.2) is 12.7 Å². The number of alkyl carbamates (subject to hydrolysis) is 1. The smallest absolute Gasteiger partial charge is 0.407 e. The number of nitrogens with one attached hydrogen (secondary N) is 1. The number of aryl methyl sites for hydroxylation is 2. The molecule has 1 N–H and O–H groups in total. The molecular weight excluding hydrogens is 178 g/mol. The van der Waals surface area contributed by atoms with E-state index in [2.05, 4.69) is 5.32 Å². The summed E-state index contributed by atoms with van der Waals surface area (Å²) in [6, 6.07) is 6.13. The molecule has 1 aromatic carbocycles. The second kappa shape index (κ2) is 3.33. The van der Waals surface area contributed by atoms with E-state index >= 15 is 0 Å². The molecule has 3 heteroatoms. The van der Waals surface area contributed by atoms with E-state index in [4.69, 9.17) is 4.74 Å². The Morgan fingerprint density at radius 2 is 2.00 bits per heavy atom. The van der Waals surface area contributed by atoms with Gasteiger partial charge < -0.3 is 10.1 Å². The molecule has 0 aromatic heterocycles.